The molecule has 0 bridgehead atoms. The smallest absolute Gasteiger partial charge is 0.270 e. The highest BCUT2D eigenvalue weighted by atomic mass is 16.5. The van der Waals surface area contributed by atoms with Gasteiger partial charge in [-0.2, -0.15) is 0 Å². The maximum Gasteiger partial charge on any atom is 0.270 e. The van der Waals surface area contributed by atoms with Crippen LogP contribution in [-0.2, 0) is 6.54 Å². The first-order valence-electron chi connectivity index (χ1n) is 6.67. The standard InChI is InChI=1S/C16H18N2O4/c1-20-13-8-11(9-14(21-2)15(13)22-3)10-18-16(19)12-6-4-5-7-17-12/h4-9H,10H2,1-3H3,(H,18,19). The number of benzene rings is 1. The van der Waals surface area contributed by atoms with Crippen LogP contribution in [0.4, 0.5) is 0 Å². The van der Waals surface area contributed by atoms with Gasteiger partial charge in [0, 0.05) is 12.7 Å². The molecule has 0 radical (unpaired) electrons. The number of carbonyl (C=O) groups excluding carboxylic acids is 1. The van der Waals surface area contributed by atoms with Crippen molar-refractivity contribution in [1.82, 2.24) is 10.3 Å². The summed E-state index contributed by atoms with van der Waals surface area (Å²) >= 11 is 0. The molecule has 0 saturated heterocycles. The summed E-state index contributed by atoms with van der Waals surface area (Å²) in [5, 5.41) is 2.80. The first-order valence-corrected chi connectivity index (χ1v) is 6.67. The SMILES string of the molecule is COc1cc(CNC(=O)c2ccccn2)cc(OC)c1OC. The van der Waals surface area contributed by atoms with Gasteiger partial charge in [0.15, 0.2) is 11.5 Å². The molecule has 0 spiro atoms. The van der Waals surface area contributed by atoms with Crippen LogP contribution in [0.15, 0.2) is 36.5 Å². The number of rotatable bonds is 6. The second-order valence-electron chi connectivity index (χ2n) is 4.43. The van der Waals surface area contributed by atoms with E-state index in [1.807, 2.05) is 0 Å². The number of amides is 1. The molecule has 6 nitrogen and oxygen atoms in total. The van der Waals surface area contributed by atoms with E-state index in [1.165, 1.54) is 0 Å². The molecule has 0 aliphatic rings. The van der Waals surface area contributed by atoms with Gasteiger partial charge in [0.05, 0.1) is 21.3 Å². The average Bonchev–Trinajstić information content (AvgIpc) is 2.59. The highest BCUT2D eigenvalue weighted by molar-refractivity contribution is 5.92. The van der Waals surface area contributed by atoms with Crippen LogP contribution in [0.3, 0.4) is 0 Å². The summed E-state index contributed by atoms with van der Waals surface area (Å²) < 4.78 is 15.8. The summed E-state index contributed by atoms with van der Waals surface area (Å²) in [5.41, 5.74) is 1.20. The van der Waals surface area contributed by atoms with E-state index < -0.39 is 0 Å². The fraction of sp³-hybridized carbons (Fsp3) is 0.250. The summed E-state index contributed by atoms with van der Waals surface area (Å²) in [6, 6.07) is 8.77. The zero-order chi connectivity index (χ0) is 15.9. The van der Waals surface area contributed by atoms with Crippen LogP contribution in [-0.4, -0.2) is 32.2 Å². The number of hydrogen-bond donors (Lipinski definition) is 1. The molecule has 0 aliphatic carbocycles. The summed E-state index contributed by atoms with van der Waals surface area (Å²) in [5.74, 6) is 1.37. The fourth-order valence-corrected chi connectivity index (χ4v) is 2.01. The summed E-state index contributed by atoms with van der Waals surface area (Å²) in [4.78, 5) is 16.0. The van der Waals surface area contributed by atoms with E-state index in [-0.39, 0.29) is 5.91 Å². The second kappa shape index (κ2) is 7.31. The molecule has 1 heterocycles. The van der Waals surface area contributed by atoms with E-state index in [2.05, 4.69) is 10.3 Å². The zero-order valence-corrected chi connectivity index (χ0v) is 12.8. The second-order valence-corrected chi connectivity index (χ2v) is 4.43. The number of carbonyl (C=O) groups is 1. The Kier molecular flexibility index (Phi) is 5.19. The minimum absolute atomic E-state index is 0.241. The lowest BCUT2D eigenvalue weighted by molar-refractivity contribution is 0.0946. The third-order valence-electron chi connectivity index (χ3n) is 3.08. The van der Waals surface area contributed by atoms with Crippen molar-refractivity contribution in [2.75, 3.05) is 21.3 Å². The molecule has 6 heteroatoms. The molecule has 22 heavy (non-hydrogen) atoms. The van der Waals surface area contributed by atoms with Gasteiger partial charge in [-0.3, -0.25) is 9.78 Å². The third kappa shape index (κ3) is 3.46. The Labute approximate surface area is 129 Å². The van der Waals surface area contributed by atoms with E-state index in [0.717, 1.165) is 5.56 Å². The van der Waals surface area contributed by atoms with Gasteiger partial charge in [-0.05, 0) is 29.8 Å². The fourth-order valence-electron chi connectivity index (χ4n) is 2.01. The Morgan fingerprint density at radius 3 is 2.27 bits per heavy atom. The molecule has 0 unspecified atom stereocenters. The van der Waals surface area contributed by atoms with Crippen molar-refractivity contribution in [1.29, 1.82) is 0 Å². The van der Waals surface area contributed by atoms with E-state index >= 15 is 0 Å². The van der Waals surface area contributed by atoms with Crippen LogP contribution in [0.1, 0.15) is 16.1 Å². The summed E-state index contributed by atoms with van der Waals surface area (Å²) in [7, 11) is 4.64. The van der Waals surface area contributed by atoms with E-state index in [0.29, 0.717) is 29.5 Å². The largest absolute Gasteiger partial charge is 0.493 e. The zero-order valence-electron chi connectivity index (χ0n) is 12.8. The quantitative estimate of drug-likeness (QED) is 0.884. The third-order valence-corrected chi connectivity index (χ3v) is 3.08. The Bertz CT molecular complexity index is 619. The number of nitrogens with zero attached hydrogens (tertiary/aromatic N) is 1. The van der Waals surface area contributed by atoms with E-state index in [1.54, 1.807) is 57.9 Å². The molecule has 0 saturated carbocycles. The van der Waals surface area contributed by atoms with Crippen molar-refractivity contribution in [3.8, 4) is 17.2 Å². The van der Waals surface area contributed by atoms with Gasteiger partial charge in [-0.25, -0.2) is 0 Å². The van der Waals surface area contributed by atoms with Crippen molar-refractivity contribution in [3.05, 3.63) is 47.8 Å². The van der Waals surface area contributed by atoms with Gasteiger partial charge in [0.1, 0.15) is 5.69 Å². The van der Waals surface area contributed by atoms with Gasteiger partial charge < -0.3 is 19.5 Å². The molecule has 0 fully saturated rings. The highest BCUT2D eigenvalue weighted by Gasteiger charge is 2.14. The first-order chi connectivity index (χ1) is 10.7. The monoisotopic (exact) mass is 302 g/mol. The maximum absolute atomic E-state index is 12.0. The molecular formula is C16H18N2O4. The minimum Gasteiger partial charge on any atom is -0.493 e. The highest BCUT2D eigenvalue weighted by Crippen LogP contribution is 2.38. The van der Waals surface area contributed by atoms with Gasteiger partial charge in [0.25, 0.3) is 5.91 Å². The molecule has 2 rings (SSSR count). The van der Waals surface area contributed by atoms with Crippen molar-refractivity contribution >= 4 is 5.91 Å². The van der Waals surface area contributed by atoms with Crippen molar-refractivity contribution in [2.45, 2.75) is 6.54 Å². The first kappa shape index (κ1) is 15.6. The molecule has 1 amide bonds. The lowest BCUT2D eigenvalue weighted by Crippen LogP contribution is -2.23. The number of nitrogens with one attached hydrogen (secondary N) is 1. The summed E-state index contributed by atoms with van der Waals surface area (Å²) in [6.07, 6.45) is 1.58. The van der Waals surface area contributed by atoms with Gasteiger partial charge >= 0.3 is 0 Å². The Morgan fingerprint density at radius 2 is 1.77 bits per heavy atom. The molecule has 1 aromatic carbocycles. The Hall–Kier alpha value is -2.76. The lowest BCUT2D eigenvalue weighted by Gasteiger charge is -2.14. The van der Waals surface area contributed by atoms with E-state index in [4.69, 9.17) is 14.2 Å². The lowest BCUT2D eigenvalue weighted by atomic mass is 10.1. The predicted octanol–water partition coefficient (Wildman–Crippen LogP) is 2.04. The normalized spacial score (nSPS) is 9.95. The van der Waals surface area contributed by atoms with Crippen LogP contribution in [0.5, 0.6) is 17.2 Å². The molecule has 2 aromatic rings. The molecule has 116 valence electrons. The topological polar surface area (TPSA) is 69.7 Å². The average molecular weight is 302 g/mol. The van der Waals surface area contributed by atoms with Crippen molar-refractivity contribution < 1.29 is 19.0 Å². The molecule has 0 aliphatic heterocycles. The molecule has 0 atom stereocenters. The number of methoxy groups -OCH3 is 3. The maximum atomic E-state index is 12.0. The van der Waals surface area contributed by atoms with Crippen LogP contribution in [0, 0.1) is 0 Å². The Balaban J connectivity index is 2.14. The number of aromatic nitrogens is 1. The van der Waals surface area contributed by atoms with Crippen molar-refractivity contribution in [2.24, 2.45) is 0 Å². The van der Waals surface area contributed by atoms with Gasteiger partial charge in [0.2, 0.25) is 5.75 Å². The minimum atomic E-state index is -0.241. The van der Waals surface area contributed by atoms with Crippen LogP contribution in [0.2, 0.25) is 0 Å². The Morgan fingerprint density at radius 1 is 1.09 bits per heavy atom. The van der Waals surface area contributed by atoms with Crippen LogP contribution in [0.25, 0.3) is 0 Å². The van der Waals surface area contributed by atoms with E-state index in [9.17, 15) is 4.79 Å². The molecular weight excluding hydrogens is 284 g/mol. The van der Waals surface area contributed by atoms with Crippen molar-refractivity contribution in [3.63, 3.8) is 0 Å². The van der Waals surface area contributed by atoms with Gasteiger partial charge in [-0.1, -0.05) is 6.07 Å². The molecule has 1 N–H and O–H groups in total. The number of pyridine rings is 1. The van der Waals surface area contributed by atoms with Gasteiger partial charge in [-0.15, -0.1) is 0 Å². The predicted molar refractivity (Wildman–Crippen MR) is 81.5 cm³/mol. The number of ether oxygens (including phenoxy) is 3. The molecule has 1 aromatic heterocycles. The summed E-state index contributed by atoms with van der Waals surface area (Å²) in [6.45, 7) is 0.326. The van der Waals surface area contributed by atoms with Crippen LogP contribution < -0.4 is 19.5 Å². The van der Waals surface area contributed by atoms with Crippen LogP contribution >= 0.6 is 0 Å². The number of hydrogen-bond acceptors (Lipinski definition) is 5.